The summed E-state index contributed by atoms with van der Waals surface area (Å²) in [5.41, 5.74) is 15.1. The van der Waals surface area contributed by atoms with E-state index in [1.165, 1.54) is 33.9 Å². The molecule has 0 spiro atoms. The minimum absolute atomic E-state index is 0.0420. The van der Waals surface area contributed by atoms with Crippen LogP contribution < -0.4 is 22.6 Å². The second-order valence-electron chi connectivity index (χ2n) is 7.39. The highest BCUT2D eigenvalue weighted by Crippen LogP contribution is 2.20. The first kappa shape index (κ1) is 26.8. The summed E-state index contributed by atoms with van der Waals surface area (Å²) in [7, 11) is 3.37. The maximum absolute atomic E-state index is 12.6. The molecular formula is C22H33N7O2S. The van der Waals surface area contributed by atoms with Gasteiger partial charge in [0, 0.05) is 38.2 Å². The zero-order valence-electron chi connectivity index (χ0n) is 19.1. The van der Waals surface area contributed by atoms with Crippen LogP contribution in [-0.4, -0.2) is 47.3 Å². The van der Waals surface area contributed by atoms with E-state index in [1.54, 1.807) is 25.6 Å². The number of hydrogen-bond donors (Lipinski definition) is 4. The minimum atomic E-state index is -0.335. The quantitative estimate of drug-likeness (QED) is 0.169. The molecule has 1 aromatic rings. The van der Waals surface area contributed by atoms with Gasteiger partial charge in [-0.2, -0.15) is 0 Å². The van der Waals surface area contributed by atoms with Crippen molar-refractivity contribution in [3.63, 3.8) is 0 Å². The first-order chi connectivity index (χ1) is 14.9. The summed E-state index contributed by atoms with van der Waals surface area (Å²) in [5, 5.41) is 5.80. The number of nitrogens with zero attached hydrogens (tertiary/aromatic N) is 3. The first-order valence-electron chi connectivity index (χ1n) is 9.80. The second-order valence-corrected chi connectivity index (χ2v) is 8.43. The van der Waals surface area contributed by atoms with Crippen LogP contribution in [0.4, 0.5) is 5.82 Å². The van der Waals surface area contributed by atoms with Crippen molar-refractivity contribution in [3.05, 3.63) is 69.9 Å². The largest absolute Gasteiger partial charge is 0.400 e. The molecule has 32 heavy (non-hydrogen) atoms. The molecule has 9 nitrogen and oxygen atoms in total. The van der Waals surface area contributed by atoms with Gasteiger partial charge in [0.05, 0.1) is 18.5 Å². The molecular weight excluding hydrogens is 426 g/mol. The van der Waals surface area contributed by atoms with Crippen molar-refractivity contribution >= 4 is 29.4 Å². The number of nitrogens with one attached hydrogen (secondary N) is 1. The van der Waals surface area contributed by atoms with Crippen molar-refractivity contribution in [2.24, 2.45) is 11.6 Å². The van der Waals surface area contributed by atoms with Crippen LogP contribution >= 0.6 is 11.8 Å². The standard InChI is InChI=1S/C22H33N7O2S/c1-7-17(22(31)26-10-19-14(2)8-20(24)27-16(19)4)11-29(25)12-18(23)13-32-15(3)9-21(30)28(5)6/h7-8,11,13H,1,3,9-10,12,23,25H2,2,4-6H3,(H2,24,27)(H,26,31)/b17-11+,18-13-. The molecule has 7 N–H and O–H groups in total. The minimum Gasteiger partial charge on any atom is -0.400 e. The molecule has 0 aliphatic heterocycles. The number of carbonyl (C=O) groups is 2. The summed E-state index contributed by atoms with van der Waals surface area (Å²) in [4.78, 5) is 30.6. The molecule has 1 heterocycles. The molecule has 0 fully saturated rings. The van der Waals surface area contributed by atoms with Crippen LogP contribution in [-0.2, 0) is 16.1 Å². The monoisotopic (exact) mass is 459 g/mol. The summed E-state index contributed by atoms with van der Waals surface area (Å²) in [6.45, 7) is 11.8. The van der Waals surface area contributed by atoms with Gasteiger partial charge in [-0.15, -0.1) is 11.8 Å². The Kier molecular flexibility index (Phi) is 10.5. The molecule has 0 radical (unpaired) electrons. The van der Waals surface area contributed by atoms with E-state index in [0.717, 1.165) is 16.8 Å². The molecule has 174 valence electrons. The van der Waals surface area contributed by atoms with Gasteiger partial charge in [-0.05, 0) is 41.4 Å². The Bertz CT molecular complexity index is 915. The van der Waals surface area contributed by atoms with Crippen LogP contribution in [0.5, 0.6) is 0 Å². The SMILES string of the molecule is C=C/C(=C\N(N)C/C(N)=C/SC(=C)CC(=O)N(C)C)C(=O)NCc1c(C)cc(N)nc1C. The van der Waals surface area contributed by atoms with Crippen LogP contribution in [0.2, 0.25) is 0 Å². The number of aryl methyl sites for hydroxylation is 2. The number of thioether (sulfide) groups is 1. The zero-order valence-corrected chi connectivity index (χ0v) is 20.0. The number of amides is 2. The lowest BCUT2D eigenvalue weighted by Crippen LogP contribution is -2.32. The van der Waals surface area contributed by atoms with Crippen LogP contribution in [0.3, 0.4) is 0 Å². The number of rotatable bonds is 11. The van der Waals surface area contributed by atoms with E-state index in [1.807, 2.05) is 13.8 Å². The van der Waals surface area contributed by atoms with Crippen molar-refractivity contribution in [3.8, 4) is 0 Å². The average molecular weight is 460 g/mol. The molecule has 0 aliphatic rings. The molecule has 0 aromatic carbocycles. The van der Waals surface area contributed by atoms with E-state index < -0.39 is 0 Å². The molecule has 0 saturated heterocycles. The van der Waals surface area contributed by atoms with Gasteiger partial charge in [0.1, 0.15) is 5.82 Å². The molecule has 0 aliphatic carbocycles. The van der Waals surface area contributed by atoms with E-state index in [0.29, 0.717) is 23.0 Å². The summed E-state index contributed by atoms with van der Waals surface area (Å²) >= 11 is 1.27. The van der Waals surface area contributed by atoms with Gasteiger partial charge in [0.15, 0.2) is 0 Å². The van der Waals surface area contributed by atoms with Gasteiger partial charge in [0.2, 0.25) is 5.91 Å². The normalized spacial score (nSPS) is 11.7. The lowest BCUT2D eigenvalue weighted by molar-refractivity contribution is -0.127. The lowest BCUT2D eigenvalue weighted by atomic mass is 10.1. The van der Waals surface area contributed by atoms with Gasteiger partial charge < -0.3 is 26.7 Å². The fourth-order valence-electron chi connectivity index (χ4n) is 2.63. The van der Waals surface area contributed by atoms with Crippen molar-refractivity contribution in [1.82, 2.24) is 20.2 Å². The highest BCUT2D eigenvalue weighted by atomic mass is 32.2. The van der Waals surface area contributed by atoms with Gasteiger partial charge in [-0.25, -0.2) is 10.8 Å². The van der Waals surface area contributed by atoms with E-state index in [-0.39, 0.29) is 30.4 Å². The summed E-state index contributed by atoms with van der Waals surface area (Å²) in [5.74, 6) is 6.05. The van der Waals surface area contributed by atoms with Gasteiger partial charge >= 0.3 is 0 Å². The molecule has 2 amide bonds. The predicted molar refractivity (Wildman–Crippen MR) is 131 cm³/mol. The summed E-state index contributed by atoms with van der Waals surface area (Å²) < 4.78 is 0. The third kappa shape index (κ3) is 8.86. The molecule has 0 unspecified atom stereocenters. The van der Waals surface area contributed by atoms with Gasteiger partial charge in [0.25, 0.3) is 5.91 Å². The Hall–Kier alpha value is -3.24. The Morgan fingerprint density at radius 3 is 2.53 bits per heavy atom. The van der Waals surface area contributed by atoms with Crippen molar-refractivity contribution in [2.75, 3.05) is 26.4 Å². The highest BCUT2D eigenvalue weighted by molar-refractivity contribution is 8.05. The highest BCUT2D eigenvalue weighted by Gasteiger charge is 2.11. The lowest BCUT2D eigenvalue weighted by Gasteiger charge is -2.16. The maximum Gasteiger partial charge on any atom is 0.253 e. The molecule has 1 aromatic heterocycles. The molecule has 0 bridgehead atoms. The Morgan fingerprint density at radius 2 is 1.97 bits per heavy atom. The Balaban J connectivity index is 2.69. The van der Waals surface area contributed by atoms with Gasteiger partial charge in [-0.3, -0.25) is 9.59 Å². The van der Waals surface area contributed by atoms with Crippen molar-refractivity contribution in [1.29, 1.82) is 0 Å². The topological polar surface area (TPSA) is 144 Å². The third-order valence-corrected chi connectivity index (χ3v) is 5.27. The number of nitrogen functional groups attached to an aromatic ring is 1. The fourth-order valence-corrected chi connectivity index (χ4v) is 3.23. The number of nitrogens with two attached hydrogens (primary N) is 3. The fraction of sp³-hybridized carbons (Fsp3) is 0.318. The van der Waals surface area contributed by atoms with E-state index in [2.05, 4.69) is 23.5 Å². The average Bonchev–Trinajstić information content (AvgIpc) is 2.69. The van der Waals surface area contributed by atoms with E-state index in [9.17, 15) is 9.59 Å². The number of aromatic nitrogens is 1. The van der Waals surface area contributed by atoms with E-state index in [4.69, 9.17) is 17.3 Å². The number of hydrogen-bond acceptors (Lipinski definition) is 8. The van der Waals surface area contributed by atoms with Crippen LogP contribution in [0.25, 0.3) is 0 Å². The second kappa shape index (κ2) is 12.6. The van der Waals surface area contributed by atoms with Crippen molar-refractivity contribution < 1.29 is 9.59 Å². The molecule has 10 heteroatoms. The first-order valence-corrected chi connectivity index (χ1v) is 10.7. The maximum atomic E-state index is 12.6. The number of pyridine rings is 1. The summed E-state index contributed by atoms with van der Waals surface area (Å²) in [6.07, 6.45) is 3.09. The van der Waals surface area contributed by atoms with Crippen LogP contribution in [0.1, 0.15) is 23.2 Å². The number of anilines is 1. The Morgan fingerprint density at radius 1 is 1.31 bits per heavy atom. The summed E-state index contributed by atoms with van der Waals surface area (Å²) in [6, 6.07) is 1.76. The zero-order chi connectivity index (χ0) is 24.4. The van der Waals surface area contributed by atoms with Crippen LogP contribution in [0, 0.1) is 13.8 Å². The third-order valence-electron chi connectivity index (χ3n) is 4.38. The smallest absolute Gasteiger partial charge is 0.253 e. The van der Waals surface area contributed by atoms with Gasteiger partial charge in [-0.1, -0.05) is 19.2 Å². The molecule has 0 atom stereocenters. The Labute approximate surface area is 194 Å². The number of hydrazine groups is 1. The molecule has 0 saturated carbocycles. The predicted octanol–water partition coefficient (Wildman–Crippen LogP) is 1.67. The molecule has 1 rings (SSSR count). The van der Waals surface area contributed by atoms with E-state index >= 15 is 0 Å². The number of carbonyl (C=O) groups excluding carboxylic acids is 2. The van der Waals surface area contributed by atoms with Crippen molar-refractivity contribution in [2.45, 2.75) is 26.8 Å². The van der Waals surface area contributed by atoms with Crippen LogP contribution in [0.15, 0.2) is 53.1 Å².